The van der Waals surface area contributed by atoms with Gasteiger partial charge in [0, 0.05) is 37.6 Å². The molecule has 0 unspecified atom stereocenters. The van der Waals surface area contributed by atoms with Gasteiger partial charge in [-0.3, -0.25) is 14.4 Å². The van der Waals surface area contributed by atoms with Crippen LogP contribution >= 0.6 is 0 Å². The van der Waals surface area contributed by atoms with E-state index in [2.05, 4.69) is 37.2 Å². The van der Waals surface area contributed by atoms with E-state index in [-0.39, 0.29) is 60.6 Å². The largest absolute Gasteiger partial charge is 0.465 e. The van der Waals surface area contributed by atoms with Crippen molar-refractivity contribution < 1.29 is 23.9 Å². The van der Waals surface area contributed by atoms with Crippen LogP contribution in [0, 0.1) is 40.9 Å². The number of likely N-dealkylation sites (tertiary alicyclic amines) is 1. The highest BCUT2D eigenvalue weighted by atomic mass is 16.5. The number of rotatable bonds is 7. The van der Waals surface area contributed by atoms with Crippen molar-refractivity contribution in [2.75, 3.05) is 40.0 Å². The van der Waals surface area contributed by atoms with Gasteiger partial charge in [-0.25, -0.2) is 0 Å². The molecule has 39 heavy (non-hydrogen) atoms. The third-order valence-electron chi connectivity index (χ3n) is 9.59. The zero-order valence-electron chi connectivity index (χ0n) is 23.4. The van der Waals surface area contributed by atoms with E-state index >= 15 is 0 Å². The molecule has 0 aromatic heterocycles. The highest BCUT2D eigenvalue weighted by Gasteiger charge is 2.73. The standard InChI is InChI=1S/C30H40N4O5/c1-5-39-24(35)16-32-28(36)26-23-14-22-17-33(4)27(25(23)18(2)3)30(22,21-8-6-19(15-31)7-9-21)34(26)29(37)20-10-12-38-13-11-20/h6-9,18,20,22-23,25-27H,5,10-14,16-17H2,1-4H3,(H,32,36)/t22-,23+,25+,26-,27-,30-/m0/s1. The summed E-state index contributed by atoms with van der Waals surface area (Å²) in [6.45, 7) is 8.04. The molecule has 5 fully saturated rings. The van der Waals surface area contributed by atoms with Crippen LogP contribution in [0.15, 0.2) is 24.3 Å². The van der Waals surface area contributed by atoms with E-state index in [0.717, 1.165) is 18.5 Å². The second-order valence-electron chi connectivity index (χ2n) is 11.9. The molecule has 210 valence electrons. The van der Waals surface area contributed by atoms with Gasteiger partial charge < -0.3 is 24.6 Å². The van der Waals surface area contributed by atoms with Crippen LogP contribution in [0.4, 0.5) is 0 Å². The predicted molar refractivity (Wildman–Crippen MR) is 143 cm³/mol. The molecule has 4 saturated heterocycles. The molecule has 5 aliphatic rings. The SMILES string of the molecule is CCOC(=O)CNC(=O)[C@@H]1[C@@H]2C[C@H]3CN(C)[C@@H]([C@@H]2C(C)C)[C@@]3(c2ccc(C#N)cc2)N1C(=O)C1CCOCC1. The van der Waals surface area contributed by atoms with Crippen molar-refractivity contribution in [3.8, 4) is 6.07 Å². The van der Waals surface area contributed by atoms with Crippen molar-refractivity contribution in [2.24, 2.45) is 29.6 Å². The molecule has 6 rings (SSSR count). The van der Waals surface area contributed by atoms with Crippen molar-refractivity contribution in [3.05, 3.63) is 35.4 Å². The molecular weight excluding hydrogens is 496 g/mol. The third-order valence-corrected chi connectivity index (χ3v) is 9.59. The Morgan fingerprint density at radius 3 is 2.51 bits per heavy atom. The Kier molecular flexibility index (Phi) is 7.71. The summed E-state index contributed by atoms with van der Waals surface area (Å²) in [5.74, 6) is -0.447. The van der Waals surface area contributed by atoms with E-state index in [4.69, 9.17) is 9.47 Å². The van der Waals surface area contributed by atoms with Crippen LogP contribution in [0.25, 0.3) is 0 Å². The smallest absolute Gasteiger partial charge is 0.325 e. The molecule has 4 aliphatic heterocycles. The maximum absolute atomic E-state index is 14.6. The lowest BCUT2D eigenvalue weighted by atomic mass is 9.51. The Bertz CT molecular complexity index is 1140. The number of carbonyl (C=O) groups is 3. The maximum Gasteiger partial charge on any atom is 0.325 e. The van der Waals surface area contributed by atoms with Crippen LogP contribution in [0.1, 0.15) is 51.2 Å². The zero-order chi connectivity index (χ0) is 27.9. The molecule has 1 aliphatic carbocycles. The second kappa shape index (κ2) is 10.9. The first-order valence-corrected chi connectivity index (χ1v) is 14.3. The molecule has 2 amide bonds. The molecule has 6 atom stereocenters. The fourth-order valence-corrected chi connectivity index (χ4v) is 8.30. The Morgan fingerprint density at radius 2 is 1.90 bits per heavy atom. The van der Waals surface area contributed by atoms with Crippen LogP contribution in [-0.2, 0) is 29.4 Å². The van der Waals surface area contributed by atoms with E-state index in [0.29, 0.717) is 31.6 Å². The lowest BCUT2D eigenvalue weighted by molar-refractivity contribution is -0.194. The lowest BCUT2D eigenvalue weighted by Gasteiger charge is -2.66. The van der Waals surface area contributed by atoms with Crippen LogP contribution < -0.4 is 5.32 Å². The number of fused-ring (bicyclic) bond motifs is 1. The van der Waals surface area contributed by atoms with E-state index in [1.54, 1.807) is 6.92 Å². The zero-order valence-corrected chi connectivity index (χ0v) is 23.4. The van der Waals surface area contributed by atoms with E-state index in [9.17, 15) is 19.6 Å². The Hall–Kier alpha value is -2.96. The number of amides is 2. The summed E-state index contributed by atoms with van der Waals surface area (Å²) in [6, 6.07) is 9.16. The van der Waals surface area contributed by atoms with E-state index in [1.165, 1.54) is 0 Å². The number of nitriles is 1. The van der Waals surface area contributed by atoms with Gasteiger partial charge >= 0.3 is 5.97 Å². The minimum Gasteiger partial charge on any atom is -0.465 e. The van der Waals surface area contributed by atoms with Crippen LogP contribution in [-0.4, -0.2) is 79.6 Å². The Morgan fingerprint density at radius 1 is 1.21 bits per heavy atom. The number of nitrogens with one attached hydrogen (secondary N) is 1. The highest BCUT2D eigenvalue weighted by molar-refractivity contribution is 5.92. The number of likely N-dealkylation sites (N-methyl/N-ethyl adjacent to an activating group) is 1. The van der Waals surface area contributed by atoms with E-state index < -0.39 is 17.6 Å². The van der Waals surface area contributed by atoms with Crippen LogP contribution in [0.5, 0.6) is 0 Å². The minimum absolute atomic E-state index is 0.00356. The summed E-state index contributed by atoms with van der Waals surface area (Å²) < 4.78 is 10.6. The number of hydrogen-bond donors (Lipinski definition) is 1. The summed E-state index contributed by atoms with van der Waals surface area (Å²) >= 11 is 0. The van der Waals surface area contributed by atoms with Gasteiger partial charge in [0.15, 0.2) is 0 Å². The summed E-state index contributed by atoms with van der Waals surface area (Å²) in [7, 11) is 2.14. The van der Waals surface area contributed by atoms with Gasteiger partial charge in [-0.15, -0.1) is 0 Å². The van der Waals surface area contributed by atoms with Crippen LogP contribution in [0.3, 0.4) is 0 Å². The second-order valence-corrected chi connectivity index (χ2v) is 11.9. The molecule has 1 aromatic rings. The van der Waals surface area contributed by atoms with E-state index in [1.807, 2.05) is 29.2 Å². The molecule has 0 radical (unpaired) electrons. The maximum atomic E-state index is 14.6. The summed E-state index contributed by atoms with van der Waals surface area (Å²) in [5.41, 5.74) is 0.827. The molecule has 1 aromatic carbocycles. The third kappa shape index (κ3) is 4.42. The molecule has 9 nitrogen and oxygen atoms in total. The number of benzene rings is 1. The van der Waals surface area contributed by atoms with Crippen molar-refractivity contribution in [3.63, 3.8) is 0 Å². The van der Waals surface area contributed by atoms with Crippen molar-refractivity contribution in [1.82, 2.24) is 15.1 Å². The summed E-state index contributed by atoms with van der Waals surface area (Å²) in [5, 5.41) is 12.3. The first-order chi connectivity index (χ1) is 18.7. The van der Waals surface area contributed by atoms with Gasteiger partial charge in [0.25, 0.3) is 0 Å². The average molecular weight is 537 g/mol. The normalized spacial score (nSPS) is 32.2. The first-order valence-electron chi connectivity index (χ1n) is 14.3. The van der Waals surface area contributed by atoms with Crippen LogP contribution in [0.2, 0.25) is 0 Å². The molecule has 4 heterocycles. The number of piperidine rings is 2. The van der Waals surface area contributed by atoms with Gasteiger partial charge in [0.05, 0.1) is 23.8 Å². The molecule has 4 bridgehead atoms. The fraction of sp³-hybridized carbons (Fsp3) is 0.667. The van der Waals surface area contributed by atoms with Gasteiger partial charge in [-0.05, 0) is 68.7 Å². The Balaban J connectivity index is 1.66. The molecule has 0 spiro atoms. The monoisotopic (exact) mass is 536 g/mol. The van der Waals surface area contributed by atoms with Crippen molar-refractivity contribution in [2.45, 2.75) is 57.7 Å². The predicted octanol–water partition coefficient (Wildman–Crippen LogP) is 2.29. The number of ether oxygens (including phenoxy) is 2. The quantitative estimate of drug-likeness (QED) is 0.532. The fourth-order valence-electron chi connectivity index (χ4n) is 8.30. The molecule has 9 heteroatoms. The van der Waals surface area contributed by atoms with Gasteiger partial charge in [-0.1, -0.05) is 26.0 Å². The van der Waals surface area contributed by atoms with Crippen molar-refractivity contribution in [1.29, 1.82) is 5.26 Å². The van der Waals surface area contributed by atoms with Crippen molar-refractivity contribution >= 4 is 17.8 Å². The highest BCUT2D eigenvalue weighted by Crippen LogP contribution is 2.64. The number of hydrogen-bond acceptors (Lipinski definition) is 7. The molecular formula is C30H40N4O5. The molecule has 1 saturated carbocycles. The average Bonchev–Trinajstić information content (AvgIpc) is 3.15. The molecule has 1 N–H and O–H groups in total. The number of carbonyl (C=O) groups excluding carboxylic acids is 3. The topological polar surface area (TPSA) is 112 Å². The Labute approximate surface area is 230 Å². The summed E-state index contributed by atoms with van der Waals surface area (Å²) in [6.07, 6.45) is 2.07. The van der Waals surface area contributed by atoms with Gasteiger partial charge in [0.1, 0.15) is 12.6 Å². The number of nitrogens with zero attached hydrogens (tertiary/aromatic N) is 3. The van der Waals surface area contributed by atoms with Gasteiger partial charge in [0.2, 0.25) is 11.8 Å². The van der Waals surface area contributed by atoms with Gasteiger partial charge in [-0.2, -0.15) is 5.26 Å². The number of esters is 1. The lowest BCUT2D eigenvalue weighted by Crippen LogP contribution is -2.77. The summed E-state index contributed by atoms with van der Waals surface area (Å²) in [4.78, 5) is 45.2. The minimum atomic E-state index is -0.715. The first kappa shape index (κ1) is 27.6.